The molecule has 5 heteroatoms. The number of rotatable bonds is 9. The molecule has 0 spiro atoms. The lowest BCUT2D eigenvalue weighted by Gasteiger charge is -2.09. The summed E-state index contributed by atoms with van der Waals surface area (Å²) in [4.78, 5) is 3.88. The molecule has 1 rings (SSSR count). The van der Waals surface area contributed by atoms with Crippen molar-refractivity contribution in [2.24, 2.45) is 4.99 Å². The Kier molecular flexibility index (Phi) is 7.77. The Morgan fingerprint density at radius 1 is 1.38 bits per heavy atom. The van der Waals surface area contributed by atoms with E-state index < -0.39 is 0 Å². The highest BCUT2D eigenvalue weighted by atomic mass is 35.5. The average Bonchev–Trinajstić information content (AvgIpc) is 3.01. The van der Waals surface area contributed by atoms with Gasteiger partial charge in [0.25, 0.3) is 0 Å². The molecule has 1 heterocycles. The predicted molar refractivity (Wildman–Crippen MR) is 94.0 cm³/mol. The van der Waals surface area contributed by atoms with Crippen LogP contribution in [0.15, 0.2) is 28.8 Å². The molecule has 1 aliphatic rings. The highest BCUT2D eigenvalue weighted by Crippen LogP contribution is 2.38. The first-order chi connectivity index (χ1) is 9.72. The summed E-state index contributed by atoms with van der Waals surface area (Å²) in [5.74, 6) is 0. The molecule has 0 aromatic rings. The molecular formula is C16H24Cl3NO. The monoisotopic (exact) mass is 351 g/mol. The summed E-state index contributed by atoms with van der Waals surface area (Å²) < 4.78 is 5.59. The van der Waals surface area contributed by atoms with Crippen LogP contribution in [0.3, 0.4) is 0 Å². The van der Waals surface area contributed by atoms with E-state index in [1.807, 2.05) is 0 Å². The second kappa shape index (κ2) is 8.57. The number of halogens is 3. The van der Waals surface area contributed by atoms with Gasteiger partial charge in [0.1, 0.15) is 0 Å². The minimum absolute atomic E-state index is 0.00871. The van der Waals surface area contributed by atoms with E-state index >= 15 is 0 Å². The van der Waals surface area contributed by atoms with Gasteiger partial charge < -0.3 is 4.74 Å². The van der Waals surface area contributed by atoms with Crippen LogP contribution < -0.4 is 0 Å². The maximum atomic E-state index is 6.17. The summed E-state index contributed by atoms with van der Waals surface area (Å²) in [6.45, 7) is 10.8. The lowest BCUT2D eigenvalue weighted by Crippen LogP contribution is -2.07. The van der Waals surface area contributed by atoms with Gasteiger partial charge in [-0.15, -0.1) is 11.6 Å². The maximum absolute atomic E-state index is 6.17. The average molecular weight is 353 g/mol. The maximum Gasteiger partial charge on any atom is 0.192 e. The zero-order valence-corrected chi connectivity index (χ0v) is 15.2. The molecule has 0 aromatic heterocycles. The van der Waals surface area contributed by atoms with Gasteiger partial charge in [0, 0.05) is 0 Å². The minimum Gasteiger partial charge on any atom is -0.367 e. The molecule has 2 unspecified atom stereocenters. The summed E-state index contributed by atoms with van der Waals surface area (Å²) in [6.07, 6.45) is 6.64. The van der Waals surface area contributed by atoms with E-state index in [2.05, 4.69) is 38.4 Å². The van der Waals surface area contributed by atoms with E-state index in [0.717, 1.165) is 31.3 Å². The highest BCUT2D eigenvalue weighted by molar-refractivity contribution is 6.95. The summed E-state index contributed by atoms with van der Waals surface area (Å²) in [5.41, 5.74) is 2.44. The number of ether oxygens (including phenoxy) is 1. The van der Waals surface area contributed by atoms with Gasteiger partial charge >= 0.3 is 0 Å². The smallest absolute Gasteiger partial charge is 0.192 e. The zero-order chi connectivity index (χ0) is 16.0. The van der Waals surface area contributed by atoms with E-state index in [4.69, 9.17) is 39.5 Å². The Bertz CT molecular complexity index is 425. The molecule has 1 saturated heterocycles. The minimum atomic E-state index is -0.216. The molecule has 0 saturated carbocycles. The molecule has 0 radical (unpaired) electrons. The lowest BCUT2D eigenvalue weighted by molar-refractivity contribution is 0.320. The van der Waals surface area contributed by atoms with Crippen LogP contribution in [0.2, 0.25) is 0 Å². The quantitative estimate of drug-likeness (QED) is 0.227. The van der Waals surface area contributed by atoms with Gasteiger partial charge in [-0.1, -0.05) is 23.8 Å². The first-order valence-corrected chi connectivity index (χ1v) is 8.42. The molecule has 1 aliphatic heterocycles. The molecule has 21 heavy (non-hydrogen) atoms. The summed E-state index contributed by atoms with van der Waals surface area (Å²) >= 11 is 17.1. The molecule has 1 fully saturated rings. The fraction of sp³-hybridized carbons (Fsp3) is 0.688. The van der Waals surface area contributed by atoms with Crippen molar-refractivity contribution in [2.45, 2.75) is 63.5 Å². The van der Waals surface area contributed by atoms with Crippen molar-refractivity contribution in [3.8, 4) is 0 Å². The number of epoxide rings is 1. The van der Waals surface area contributed by atoms with Crippen LogP contribution in [-0.4, -0.2) is 28.3 Å². The molecule has 2 atom stereocenters. The van der Waals surface area contributed by atoms with E-state index in [0.29, 0.717) is 12.6 Å². The number of hydrogen-bond acceptors (Lipinski definition) is 2. The third-order valence-corrected chi connectivity index (χ3v) is 4.42. The van der Waals surface area contributed by atoms with Crippen LogP contribution in [0.1, 0.15) is 46.5 Å². The normalized spacial score (nSPS) is 21.8. The van der Waals surface area contributed by atoms with Crippen LogP contribution in [0, 0.1) is 0 Å². The van der Waals surface area contributed by atoms with Crippen LogP contribution in [-0.2, 0) is 4.74 Å². The summed E-state index contributed by atoms with van der Waals surface area (Å²) in [5, 5.41) is -0.216. The first kappa shape index (κ1) is 19.0. The van der Waals surface area contributed by atoms with Gasteiger partial charge in [-0.3, -0.25) is 4.99 Å². The van der Waals surface area contributed by atoms with Gasteiger partial charge in [0.2, 0.25) is 0 Å². The van der Waals surface area contributed by atoms with Crippen molar-refractivity contribution in [1.29, 1.82) is 0 Å². The van der Waals surface area contributed by atoms with E-state index in [-0.39, 0.29) is 15.6 Å². The third-order valence-electron chi connectivity index (χ3n) is 3.74. The molecule has 0 bridgehead atoms. The van der Waals surface area contributed by atoms with Gasteiger partial charge in [-0.25, -0.2) is 0 Å². The summed E-state index contributed by atoms with van der Waals surface area (Å²) in [7, 11) is 0. The second-order valence-corrected chi connectivity index (χ2v) is 7.48. The zero-order valence-electron chi connectivity index (χ0n) is 13.0. The standard InChI is InChI=1S/C16H24Cl3NO/c1-11(8-9-14-16(3,4)21-14)6-5-7-12(2)13(17)10-20-15(18)19/h6,13-14H,2,5,7-10H2,1,3-4H3/b11-6+. The van der Waals surface area contributed by atoms with Crippen molar-refractivity contribution >= 4 is 39.4 Å². The van der Waals surface area contributed by atoms with Crippen LogP contribution >= 0.6 is 34.8 Å². The van der Waals surface area contributed by atoms with Gasteiger partial charge in [-0.2, -0.15) is 0 Å². The fourth-order valence-electron chi connectivity index (χ4n) is 2.14. The molecule has 0 N–H and O–H groups in total. The van der Waals surface area contributed by atoms with Crippen molar-refractivity contribution in [1.82, 2.24) is 0 Å². The Morgan fingerprint density at radius 3 is 2.52 bits per heavy atom. The molecule has 120 valence electrons. The largest absolute Gasteiger partial charge is 0.367 e. The number of nitrogens with zero attached hydrogens (tertiary/aromatic N) is 1. The molecule has 0 amide bonds. The van der Waals surface area contributed by atoms with Crippen molar-refractivity contribution in [3.05, 3.63) is 23.8 Å². The SMILES string of the molecule is C=C(CC/C=C(\C)CCC1OC1(C)C)C(Cl)CN=C(Cl)Cl. The van der Waals surface area contributed by atoms with E-state index in [1.165, 1.54) is 5.57 Å². The van der Waals surface area contributed by atoms with Gasteiger partial charge in [0.15, 0.2) is 4.63 Å². The number of allylic oxidation sites excluding steroid dienone is 2. The third kappa shape index (κ3) is 7.69. The van der Waals surface area contributed by atoms with Crippen molar-refractivity contribution in [3.63, 3.8) is 0 Å². The van der Waals surface area contributed by atoms with E-state index in [1.54, 1.807) is 0 Å². The number of alkyl halides is 1. The Hall–Kier alpha value is -0.0200. The van der Waals surface area contributed by atoms with Gasteiger partial charge in [0.05, 0.1) is 23.6 Å². The first-order valence-electron chi connectivity index (χ1n) is 7.23. The fourth-order valence-corrected chi connectivity index (χ4v) is 2.45. The number of hydrogen-bond donors (Lipinski definition) is 0. The topological polar surface area (TPSA) is 24.9 Å². The molecule has 0 aromatic carbocycles. The molecular weight excluding hydrogens is 329 g/mol. The predicted octanol–water partition coefficient (Wildman–Crippen LogP) is 5.67. The number of aliphatic imine (C=N–C) groups is 1. The Labute approximate surface area is 143 Å². The lowest BCUT2D eigenvalue weighted by atomic mass is 10.0. The summed E-state index contributed by atoms with van der Waals surface area (Å²) in [6, 6.07) is 0. The van der Waals surface area contributed by atoms with Crippen LogP contribution in [0.5, 0.6) is 0 Å². The Morgan fingerprint density at radius 2 is 2.00 bits per heavy atom. The van der Waals surface area contributed by atoms with Gasteiger partial charge in [-0.05, 0) is 69.7 Å². The van der Waals surface area contributed by atoms with E-state index in [9.17, 15) is 0 Å². The van der Waals surface area contributed by atoms with Crippen LogP contribution in [0.25, 0.3) is 0 Å². The molecule has 2 nitrogen and oxygen atoms in total. The van der Waals surface area contributed by atoms with Crippen LogP contribution in [0.4, 0.5) is 0 Å². The van der Waals surface area contributed by atoms with Crippen molar-refractivity contribution in [2.75, 3.05) is 6.54 Å². The Balaban J connectivity index is 2.20. The second-order valence-electron chi connectivity index (χ2n) is 6.04. The highest BCUT2D eigenvalue weighted by Gasteiger charge is 2.46. The van der Waals surface area contributed by atoms with Crippen molar-refractivity contribution < 1.29 is 4.74 Å². The molecule has 0 aliphatic carbocycles.